The van der Waals surface area contributed by atoms with Gasteiger partial charge in [-0.1, -0.05) is 77.6 Å². The molecule has 0 aliphatic rings. The fourth-order valence-corrected chi connectivity index (χ4v) is 2.12. The average molecular weight is 265 g/mol. The van der Waals surface area contributed by atoms with Gasteiger partial charge in [0.2, 0.25) is 0 Å². The molecule has 0 atom stereocenters. The van der Waals surface area contributed by atoms with Crippen molar-refractivity contribution in [2.45, 2.75) is 90.4 Å². The number of carboxylic acid groups (broad SMARTS) is 1. The minimum atomic E-state index is -0.655. The Morgan fingerprint density at radius 2 is 1.06 bits per heavy atom. The molecule has 0 aromatic carbocycles. The summed E-state index contributed by atoms with van der Waals surface area (Å²) in [5, 5.41) is 8.47. The molecular weight excluding hydrogens is 235 g/mol. The molecule has 0 fully saturated rings. The van der Waals surface area contributed by atoms with Crippen molar-refractivity contribution in [1.29, 1.82) is 0 Å². The first-order valence-electron chi connectivity index (χ1n) is 7.49. The van der Waals surface area contributed by atoms with Crippen LogP contribution in [0.15, 0.2) is 0 Å². The summed E-state index contributed by atoms with van der Waals surface area (Å²) in [6.45, 7) is 2.25. The molecule has 103 valence electrons. The van der Waals surface area contributed by atoms with Crippen LogP contribution in [-0.4, -0.2) is 40.6 Å². The first-order chi connectivity index (χ1) is 8.27. The van der Waals surface area contributed by atoms with Gasteiger partial charge in [0, 0.05) is 36.0 Å². The zero-order chi connectivity index (χ0) is 12.8. The second-order valence-corrected chi connectivity index (χ2v) is 5.03. The van der Waals surface area contributed by atoms with Crippen molar-refractivity contribution in [2.24, 2.45) is 0 Å². The molecule has 0 aliphatic heterocycles. The molecule has 0 aromatic rings. The molecule has 1 radical (unpaired) electrons. The van der Waals surface area contributed by atoms with Crippen molar-refractivity contribution in [3.8, 4) is 0 Å². The van der Waals surface area contributed by atoms with Crippen LogP contribution in [0, 0.1) is 0 Å². The molecular formula is C15H30NaO2. The zero-order valence-electron chi connectivity index (χ0n) is 12.5. The van der Waals surface area contributed by atoms with Gasteiger partial charge in [0.15, 0.2) is 0 Å². The Balaban J connectivity index is 0. The SMILES string of the molecule is CCCCCCCCCCCCCCC(=O)O.[Na]. The summed E-state index contributed by atoms with van der Waals surface area (Å²) < 4.78 is 0. The molecule has 0 aliphatic carbocycles. The van der Waals surface area contributed by atoms with Gasteiger partial charge in [-0.3, -0.25) is 4.79 Å². The van der Waals surface area contributed by atoms with Gasteiger partial charge in [0.25, 0.3) is 0 Å². The molecule has 0 bridgehead atoms. The Morgan fingerprint density at radius 3 is 1.39 bits per heavy atom. The van der Waals surface area contributed by atoms with Crippen LogP contribution in [-0.2, 0) is 4.79 Å². The van der Waals surface area contributed by atoms with E-state index in [1.807, 2.05) is 0 Å². The predicted octanol–water partition coefficient (Wildman–Crippen LogP) is 4.78. The molecule has 0 heterocycles. The number of carbonyl (C=O) groups is 1. The summed E-state index contributed by atoms with van der Waals surface area (Å²) in [4.78, 5) is 10.3. The van der Waals surface area contributed by atoms with E-state index in [1.54, 1.807) is 0 Å². The molecule has 0 aromatic heterocycles. The van der Waals surface area contributed by atoms with Gasteiger partial charge in [0.1, 0.15) is 0 Å². The van der Waals surface area contributed by atoms with Gasteiger partial charge in [-0.25, -0.2) is 0 Å². The van der Waals surface area contributed by atoms with Crippen LogP contribution in [0.5, 0.6) is 0 Å². The molecule has 3 heteroatoms. The van der Waals surface area contributed by atoms with Crippen molar-refractivity contribution in [3.05, 3.63) is 0 Å². The van der Waals surface area contributed by atoms with Crippen molar-refractivity contribution in [2.75, 3.05) is 0 Å². The summed E-state index contributed by atoms with van der Waals surface area (Å²) in [5.74, 6) is -0.655. The fourth-order valence-electron chi connectivity index (χ4n) is 2.12. The summed E-state index contributed by atoms with van der Waals surface area (Å²) in [6, 6.07) is 0. The van der Waals surface area contributed by atoms with Gasteiger partial charge in [-0.05, 0) is 6.42 Å². The van der Waals surface area contributed by atoms with E-state index in [1.165, 1.54) is 64.2 Å². The van der Waals surface area contributed by atoms with E-state index in [0.717, 1.165) is 12.8 Å². The zero-order valence-corrected chi connectivity index (χ0v) is 14.5. The average Bonchev–Trinajstić information content (AvgIpc) is 2.30. The predicted molar refractivity (Wildman–Crippen MR) is 79.1 cm³/mol. The Morgan fingerprint density at radius 1 is 0.722 bits per heavy atom. The van der Waals surface area contributed by atoms with E-state index in [4.69, 9.17) is 5.11 Å². The number of carboxylic acids is 1. The third-order valence-corrected chi connectivity index (χ3v) is 3.24. The quantitative estimate of drug-likeness (QED) is 0.384. The smallest absolute Gasteiger partial charge is 0.303 e. The number of aliphatic carboxylic acids is 1. The van der Waals surface area contributed by atoms with Gasteiger partial charge < -0.3 is 5.11 Å². The molecule has 18 heavy (non-hydrogen) atoms. The molecule has 0 unspecified atom stereocenters. The van der Waals surface area contributed by atoms with Crippen LogP contribution < -0.4 is 0 Å². The maximum absolute atomic E-state index is 10.3. The van der Waals surface area contributed by atoms with Crippen LogP contribution >= 0.6 is 0 Å². The maximum atomic E-state index is 10.3. The Kier molecular flexibility index (Phi) is 20.2. The number of unbranched alkanes of at least 4 members (excludes halogenated alkanes) is 11. The van der Waals surface area contributed by atoms with Crippen LogP contribution in [0.2, 0.25) is 0 Å². The maximum Gasteiger partial charge on any atom is 0.303 e. The van der Waals surface area contributed by atoms with Crippen LogP contribution in [0.1, 0.15) is 90.4 Å². The second-order valence-electron chi connectivity index (χ2n) is 5.03. The van der Waals surface area contributed by atoms with Crippen LogP contribution in [0.4, 0.5) is 0 Å². The van der Waals surface area contributed by atoms with Gasteiger partial charge in [0.05, 0.1) is 0 Å². The summed E-state index contributed by atoms with van der Waals surface area (Å²) in [5.41, 5.74) is 0. The first kappa shape index (κ1) is 20.8. The molecule has 0 amide bonds. The Labute approximate surface area is 135 Å². The van der Waals surface area contributed by atoms with E-state index in [2.05, 4.69) is 6.92 Å². The largest absolute Gasteiger partial charge is 0.481 e. The van der Waals surface area contributed by atoms with E-state index in [9.17, 15) is 4.79 Å². The first-order valence-corrected chi connectivity index (χ1v) is 7.49. The summed E-state index contributed by atoms with van der Waals surface area (Å²) >= 11 is 0. The van der Waals surface area contributed by atoms with Gasteiger partial charge >= 0.3 is 5.97 Å². The molecule has 0 saturated heterocycles. The van der Waals surface area contributed by atoms with Crippen molar-refractivity contribution in [1.82, 2.24) is 0 Å². The van der Waals surface area contributed by atoms with Crippen LogP contribution in [0.25, 0.3) is 0 Å². The fraction of sp³-hybridized carbons (Fsp3) is 0.933. The van der Waals surface area contributed by atoms with Crippen LogP contribution in [0.3, 0.4) is 0 Å². The molecule has 0 saturated carbocycles. The van der Waals surface area contributed by atoms with Crippen molar-refractivity contribution >= 4 is 35.5 Å². The second kappa shape index (κ2) is 17.5. The number of hydrogen-bond donors (Lipinski definition) is 1. The summed E-state index contributed by atoms with van der Waals surface area (Å²) in [6.07, 6.45) is 15.8. The third kappa shape index (κ3) is 18.8. The topological polar surface area (TPSA) is 37.3 Å². The summed E-state index contributed by atoms with van der Waals surface area (Å²) in [7, 11) is 0. The molecule has 1 N–H and O–H groups in total. The van der Waals surface area contributed by atoms with Gasteiger partial charge in [-0.15, -0.1) is 0 Å². The Bertz CT molecular complexity index is 172. The van der Waals surface area contributed by atoms with Gasteiger partial charge in [-0.2, -0.15) is 0 Å². The standard InChI is InChI=1S/C15H30O2.Na/c1-2-3-4-5-6-7-8-9-10-11-12-13-14-15(16)17;/h2-14H2,1H3,(H,16,17);. The van der Waals surface area contributed by atoms with E-state index in [0.29, 0.717) is 6.42 Å². The normalized spacial score (nSPS) is 10.1. The minimum Gasteiger partial charge on any atom is -0.481 e. The monoisotopic (exact) mass is 265 g/mol. The van der Waals surface area contributed by atoms with E-state index >= 15 is 0 Å². The molecule has 0 spiro atoms. The third-order valence-electron chi connectivity index (χ3n) is 3.24. The molecule has 2 nitrogen and oxygen atoms in total. The number of hydrogen-bond acceptors (Lipinski definition) is 1. The minimum absolute atomic E-state index is 0. The van der Waals surface area contributed by atoms with Crippen molar-refractivity contribution < 1.29 is 9.90 Å². The van der Waals surface area contributed by atoms with E-state index < -0.39 is 5.97 Å². The number of rotatable bonds is 13. The van der Waals surface area contributed by atoms with Crippen molar-refractivity contribution in [3.63, 3.8) is 0 Å². The Hall–Kier alpha value is 0.470. The molecule has 0 rings (SSSR count). The van der Waals surface area contributed by atoms with E-state index in [-0.39, 0.29) is 29.6 Å².